The highest BCUT2D eigenvalue weighted by Gasteiger charge is 2.44. The maximum absolute atomic E-state index is 12.5. The number of rotatable bonds is 6. The largest absolute Gasteiger partial charge is 0.497 e. The average molecular weight is 467 g/mol. The Morgan fingerprint density at radius 2 is 1.97 bits per heavy atom. The zero-order valence-corrected chi connectivity index (χ0v) is 19.2. The number of ether oxygens (including phenoxy) is 2. The second-order valence-electron chi connectivity index (χ2n) is 7.88. The van der Waals surface area contributed by atoms with Gasteiger partial charge in [0.25, 0.3) is 0 Å². The Morgan fingerprint density at radius 1 is 1.15 bits per heavy atom. The van der Waals surface area contributed by atoms with Crippen molar-refractivity contribution in [2.75, 3.05) is 25.3 Å². The topological polar surface area (TPSA) is 90.5 Å². The van der Waals surface area contributed by atoms with E-state index in [-0.39, 0.29) is 29.9 Å². The molecular formula is C23H26N6O3S. The maximum Gasteiger partial charge on any atom is 0.234 e. The molecule has 2 aromatic rings. The van der Waals surface area contributed by atoms with Gasteiger partial charge in [-0.3, -0.25) is 10.2 Å². The van der Waals surface area contributed by atoms with Gasteiger partial charge in [-0.2, -0.15) is 5.10 Å². The lowest BCUT2D eigenvalue weighted by molar-refractivity contribution is -0.113. The number of hydrazine groups is 1. The third-order valence-corrected chi connectivity index (χ3v) is 6.90. The van der Waals surface area contributed by atoms with E-state index in [0.29, 0.717) is 11.4 Å². The van der Waals surface area contributed by atoms with Crippen LogP contribution in [0.4, 0.5) is 5.69 Å². The number of amidine groups is 1. The Hall–Kier alpha value is -3.37. The molecule has 0 aromatic heterocycles. The van der Waals surface area contributed by atoms with Gasteiger partial charge in [0.1, 0.15) is 17.7 Å². The molecule has 3 heterocycles. The molecule has 3 aliphatic rings. The SMILES string of the molecule is COc1ccc(C2CC3C4NN=C(SCC(=O)Nc5ccccc5OC)N4C=CN3N2)cc1. The number of anilines is 1. The van der Waals surface area contributed by atoms with Gasteiger partial charge in [0.15, 0.2) is 5.17 Å². The monoisotopic (exact) mass is 466 g/mol. The molecule has 172 valence electrons. The summed E-state index contributed by atoms with van der Waals surface area (Å²) in [6.45, 7) is 0. The van der Waals surface area contributed by atoms with Crippen LogP contribution >= 0.6 is 11.8 Å². The highest BCUT2D eigenvalue weighted by molar-refractivity contribution is 8.14. The molecule has 9 nitrogen and oxygen atoms in total. The number of hydrogen-bond acceptors (Lipinski definition) is 9. The fraction of sp³-hybridized carbons (Fsp3) is 0.304. The predicted molar refractivity (Wildman–Crippen MR) is 129 cm³/mol. The summed E-state index contributed by atoms with van der Waals surface area (Å²) in [7, 11) is 3.26. The summed E-state index contributed by atoms with van der Waals surface area (Å²) < 4.78 is 10.6. The molecule has 5 rings (SSSR count). The fourth-order valence-electron chi connectivity index (χ4n) is 4.27. The van der Waals surface area contributed by atoms with Crippen LogP contribution in [0.1, 0.15) is 18.0 Å². The van der Waals surface area contributed by atoms with Gasteiger partial charge in [0, 0.05) is 12.4 Å². The van der Waals surface area contributed by atoms with Crippen LogP contribution in [-0.2, 0) is 4.79 Å². The van der Waals surface area contributed by atoms with Gasteiger partial charge < -0.3 is 24.7 Å². The van der Waals surface area contributed by atoms with Crippen LogP contribution in [0.15, 0.2) is 66.0 Å². The summed E-state index contributed by atoms with van der Waals surface area (Å²) in [5.41, 5.74) is 8.69. The minimum Gasteiger partial charge on any atom is -0.497 e. The zero-order valence-electron chi connectivity index (χ0n) is 18.4. The smallest absolute Gasteiger partial charge is 0.234 e. The Balaban J connectivity index is 1.18. The van der Waals surface area contributed by atoms with Crippen LogP contribution in [-0.4, -0.2) is 53.2 Å². The van der Waals surface area contributed by atoms with Crippen molar-refractivity contribution in [1.29, 1.82) is 0 Å². The number of hydrazone groups is 1. The van der Waals surface area contributed by atoms with Crippen molar-refractivity contribution < 1.29 is 14.3 Å². The van der Waals surface area contributed by atoms with Crippen molar-refractivity contribution in [3.63, 3.8) is 0 Å². The maximum atomic E-state index is 12.5. The van der Waals surface area contributed by atoms with Crippen molar-refractivity contribution in [2.45, 2.75) is 24.7 Å². The first-order valence-corrected chi connectivity index (χ1v) is 11.7. The van der Waals surface area contributed by atoms with E-state index in [0.717, 1.165) is 17.3 Å². The Bertz CT molecular complexity index is 1080. The number of hydrogen-bond donors (Lipinski definition) is 3. The molecule has 0 radical (unpaired) electrons. The molecule has 1 saturated heterocycles. The Kier molecular flexibility index (Phi) is 6.01. The number of fused-ring (bicyclic) bond motifs is 3. The molecule has 2 aromatic carbocycles. The normalized spacial score (nSPS) is 22.8. The summed E-state index contributed by atoms with van der Waals surface area (Å²) in [4.78, 5) is 14.6. The number of benzene rings is 2. The summed E-state index contributed by atoms with van der Waals surface area (Å²) in [5, 5.41) is 10.3. The molecule has 3 N–H and O–H groups in total. The van der Waals surface area contributed by atoms with Crippen molar-refractivity contribution in [3.05, 3.63) is 66.5 Å². The van der Waals surface area contributed by atoms with E-state index in [1.807, 2.05) is 48.8 Å². The first-order chi connectivity index (χ1) is 16.2. The Morgan fingerprint density at radius 3 is 2.76 bits per heavy atom. The van der Waals surface area contributed by atoms with E-state index in [1.54, 1.807) is 14.2 Å². The van der Waals surface area contributed by atoms with Crippen molar-refractivity contribution in [2.24, 2.45) is 5.10 Å². The van der Waals surface area contributed by atoms with Crippen LogP contribution in [0.2, 0.25) is 0 Å². The molecule has 0 saturated carbocycles. The minimum atomic E-state index is -0.111. The summed E-state index contributed by atoms with van der Waals surface area (Å²) in [6, 6.07) is 15.9. The number of nitrogens with zero attached hydrogens (tertiary/aromatic N) is 3. The average Bonchev–Trinajstić information content (AvgIpc) is 3.47. The van der Waals surface area contributed by atoms with E-state index in [2.05, 4.69) is 43.3 Å². The van der Waals surface area contributed by atoms with Crippen LogP contribution in [0, 0.1) is 0 Å². The number of para-hydroxylation sites is 2. The second kappa shape index (κ2) is 9.24. The number of amides is 1. The predicted octanol–water partition coefficient (Wildman–Crippen LogP) is 2.68. The summed E-state index contributed by atoms with van der Waals surface area (Å²) in [6.07, 6.45) is 4.95. The number of carbonyl (C=O) groups excluding carboxylic acids is 1. The van der Waals surface area contributed by atoms with Crippen LogP contribution < -0.4 is 25.6 Å². The molecular weight excluding hydrogens is 440 g/mol. The molecule has 33 heavy (non-hydrogen) atoms. The lowest BCUT2D eigenvalue weighted by Gasteiger charge is -2.36. The minimum absolute atomic E-state index is 0.00512. The molecule has 0 aliphatic carbocycles. The van der Waals surface area contributed by atoms with Gasteiger partial charge in [-0.1, -0.05) is 36.0 Å². The fourth-order valence-corrected chi connectivity index (χ4v) is 5.04. The van der Waals surface area contributed by atoms with Crippen LogP contribution in [0.3, 0.4) is 0 Å². The molecule has 3 atom stereocenters. The molecule has 3 unspecified atom stereocenters. The molecule has 1 fully saturated rings. The van der Waals surface area contributed by atoms with Gasteiger partial charge in [-0.15, -0.1) is 0 Å². The highest BCUT2D eigenvalue weighted by Crippen LogP contribution is 2.35. The highest BCUT2D eigenvalue weighted by atomic mass is 32.2. The number of nitrogens with one attached hydrogen (secondary N) is 3. The zero-order chi connectivity index (χ0) is 22.8. The standard InChI is InChI=1S/C23H26N6O3S/c1-31-16-9-7-15(8-10-16)18-13-19-22-25-26-23(28(22)11-12-29(19)27-18)33-14-21(30)24-17-5-3-4-6-20(17)32-2/h3-12,18-19,22,25,27H,13-14H2,1-2H3,(H,24,30). The van der Waals surface area contributed by atoms with E-state index in [4.69, 9.17) is 9.47 Å². The molecule has 0 bridgehead atoms. The summed E-state index contributed by atoms with van der Waals surface area (Å²) >= 11 is 1.40. The lowest BCUT2D eigenvalue weighted by Crippen LogP contribution is -2.54. The van der Waals surface area contributed by atoms with Gasteiger partial charge in [-0.25, -0.2) is 5.43 Å². The van der Waals surface area contributed by atoms with E-state index >= 15 is 0 Å². The van der Waals surface area contributed by atoms with Gasteiger partial charge in [-0.05, 0) is 36.2 Å². The van der Waals surface area contributed by atoms with Crippen molar-refractivity contribution in [1.82, 2.24) is 20.8 Å². The second-order valence-corrected chi connectivity index (χ2v) is 8.82. The molecule has 0 spiro atoms. The number of methoxy groups -OCH3 is 2. The molecule has 3 aliphatic heterocycles. The van der Waals surface area contributed by atoms with E-state index < -0.39 is 0 Å². The van der Waals surface area contributed by atoms with Crippen LogP contribution in [0.25, 0.3) is 0 Å². The third-order valence-electron chi connectivity index (χ3n) is 5.94. The molecule has 1 amide bonds. The number of carbonyl (C=O) groups is 1. The summed E-state index contributed by atoms with van der Waals surface area (Å²) in [5.74, 6) is 1.62. The number of thioether (sulfide) groups is 1. The van der Waals surface area contributed by atoms with Gasteiger partial charge in [0.2, 0.25) is 5.91 Å². The first kappa shape index (κ1) is 21.5. The Labute approximate surface area is 196 Å². The van der Waals surface area contributed by atoms with Crippen LogP contribution in [0.5, 0.6) is 11.5 Å². The third kappa shape index (κ3) is 4.31. The van der Waals surface area contributed by atoms with E-state index in [1.165, 1.54) is 17.3 Å². The van der Waals surface area contributed by atoms with Gasteiger partial charge in [0.05, 0.1) is 37.7 Å². The lowest BCUT2D eigenvalue weighted by atomic mass is 10.00. The van der Waals surface area contributed by atoms with Crippen molar-refractivity contribution in [3.8, 4) is 11.5 Å². The van der Waals surface area contributed by atoms with E-state index in [9.17, 15) is 4.79 Å². The first-order valence-electron chi connectivity index (χ1n) is 10.7. The van der Waals surface area contributed by atoms with Gasteiger partial charge >= 0.3 is 0 Å². The van der Waals surface area contributed by atoms with Crippen molar-refractivity contribution >= 4 is 28.5 Å². The quantitative estimate of drug-likeness (QED) is 0.599. The molecule has 10 heteroatoms.